The Morgan fingerprint density at radius 3 is 2.94 bits per heavy atom. The molecule has 2 rings (SSSR count). The van der Waals surface area contributed by atoms with Gasteiger partial charge in [-0.3, -0.25) is 0 Å². The predicted octanol–water partition coefficient (Wildman–Crippen LogP) is 3.09. The van der Waals surface area contributed by atoms with E-state index in [1.54, 1.807) is 19.2 Å². The maximum atomic E-state index is 13.3. The Morgan fingerprint density at radius 1 is 1.44 bits per heavy atom. The molecule has 0 amide bonds. The summed E-state index contributed by atoms with van der Waals surface area (Å²) in [6.07, 6.45) is 4.63. The summed E-state index contributed by atoms with van der Waals surface area (Å²) in [7, 11) is 1.72. The third kappa shape index (κ3) is 4.39. The number of benzene rings is 1. The molecule has 3 heteroatoms. The first-order valence-corrected chi connectivity index (χ1v) is 6.77. The molecule has 1 N–H and O–H groups in total. The molecule has 1 aliphatic carbocycles. The normalized spacial score (nSPS) is 16.8. The van der Waals surface area contributed by atoms with Crippen molar-refractivity contribution in [2.24, 2.45) is 0 Å². The first kappa shape index (κ1) is 13.5. The van der Waals surface area contributed by atoms with Gasteiger partial charge in [0.05, 0.1) is 0 Å². The van der Waals surface area contributed by atoms with Gasteiger partial charge in [-0.15, -0.1) is 0 Å². The smallest absolute Gasteiger partial charge is 0.123 e. The van der Waals surface area contributed by atoms with Gasteiger partial charge in [0.1, 0.15) is 5.82 Å². The van der Waals surface area contributed by atoms with Gasteiger partial charge in [0.15, 0.2) is 0 Å². The van der Waals surface area contributed by atoms with E-state index in [4.69, 9.17) is 4.74 Å². The van der Waals surface area contributed by atoms with Gasteiger partial charge in [0.25, 0.3) is 0 Å². The van der Waals surface area contributed by atoms with Crippen LogP contribution >= 0.6 is 0 Å². The topological polar surface area (TPSA) is 21.3 Å². The third-order valence-electron chi connectivity index (χ3n) is 3.45. The number of nitrogens with one attached hydrogen (secondary N) is 1. The fourth-order valence-electron chi connectivity index (χ4n) is 2.22. The molecule has 1 saturated carbocycles. The number of hydrogen-bond donors (Lipinski definition) is 1. The monoisotopic (exact) mass is 251 g/mol. The lowest BCUT2D eigenvalue weighted by Crippen LogP contribution is -2.24. The van der Waals surface area contributed by atoms with Crippen molar-refractivity contribution in [3.63, 3.8) is 0 Å². The predicted molar refractivity (Wildman–Crippen MR) is 71.3 cm³/mol. The second-order valence-corrected chi connectivity index (χ2v) is 5.07. The van der Waals surface area contributed by atoms with Crippen molar-refractivity contribution in [1.82, 2.24) is 5.32 Å². The highest BCUT2D eigenvalue weighted by molar-refractivity contribution is 5.21. The zero-order valence-electron chi connectivity index (χ0n) is 11.0. The maximum absolute atomic E-state index is 13.3. The van der Waals surface area contributed by atoms with E-state index in [2.05, 4.69) is 5.32 Å². The van der Waals surface area contributed by atoms with Gasteiger partial charge in [-0.05, 0) is 49.3 Å². The molecule has 1 fully saturated rings. The number of halogens is 1. The van der Waals surface area contributed by atoms with Gasteiger partial charge in [-0.1, -0.05) is 12.1 Å². The molecule has 0 saturated heterocycles. The fourth-order valence-corrected chi connectivity index (χ4v) is 2.22. The van der Waals surface area contributed by atoms with Crippen molar-refractivity contribution >= 4 is 0 Å². The van der Waals surface area contributed by atoms with E-state index in [-0.39, 0.29) is 5.82 Å². The highest BCUT2D eigenvalue weighted by Crippen LogP contribution is 2.24. The Morgan fingerprint density at radius 2 is 2.28 bits per heavy atom. The number of methoxy groups -OCH3 is 1. The first-order valence-electron chi connectivity index (χ1n) is 6.77. The summed E-state index contributed by atoms with van der Waals surface area (Å²) in [5.74, 6) is 0.243. The van der Waals surface area contributed by atoms with E-state index in [0.29, 0.717) is 12.0 Å². The Balaban J connectivity index is 1.92. The summed E-state index contributed by atoms with van der Waals surface area (Å²) in [4.78, 5) is 0. The summed E-state index contributed by atoms with van der Waals surface area (Å²) in [5.41, 5.74) is 1.10. The second kappa shape index (κ2) is 6.86. The Hall–Kier alpha value is -0.930. The lowest BCUT2D eigenvalue weighted by Gasteiger charge is -2.18. The molecule has 0 aliphatic heterocycles. The SMILES string of the molecule is COCCCC(CNC1CC1)c1cccc(F)c1. The minimum atomic E-state index is -0.143. The average Bonchev–Trinajstić information content (AvgIpc) is 3.17. The van der Waals surface area contributed by atoms with Gasteiger partial charge in [0.2, 0.25) is 0 Å². The van der Waals surface area contributed by atoms with Crippen LogP contribution in [0.2, 0.25) is 0 Å². The van der Waals surface area contributed by atoms with Gasteiger partial charge < -0.3 is 10.1 Å². The third-order valence-corrected chi connectivity index (χ3v) is 3.45. The van der Waals surface area contributed by atoms with Crippen molar-refractivity contribution in [2.45, 2.75) is 37.6 Å². The van der Waals surface area contributed by atoms with Gasteiger partial charge in [-0.2, -0.15) is 0 Å². The molecule has 100 valence electrons. The van der Waals surface area contributed by atoms with Crippen LogP contribution in [-0.2, 0) is 4.74 Å². The highest BCUT2D eigenvalue weighted by Gasteiger charge is 2.22. The molecule has 1 atom stereocenters. The van der Waals surface area contributed by atoms with Gasteiger partial charge >= 0.3 is 0 Å². The number of hydrogen-bond acceptors (Lipinski definition) is 2. The average molecular weight is 251 g/mol. The maximum Gasteiger partial charge on any atom is 0.123 e. The summed E-state index contributed by atoms with van der Waals surface area (Å²) >= 11 is 0. The van der Waals surface area contributed by atoms with Crippen molar-refractivity contribution < 1.29 is 9.13 Å². The molecule has 0 bridgehead atoms. The van der Waals surface area contributed by atoms with Crippen LogP contribution in [0, 0.1) is 5.82 Å². The minimum absolute atomic E-state index is 0.143. The van der Waals surface area contributed by atoms with Crippen LogP contribution in [0.15, 0.2) is 24.3 Å². The van der Waals surface area contributed by atoms with Crippen molar-refractivity contribution in [3.8, 4) is 0 Å². The molecule has 1 aromatic carbocycles. The molecule has 1 aromatic rings. The van der Waals surface area contributed by atoms with Crippen LogP contribution in [0.4, 0.5) is 4.39 Å². The van der Waals surface area contributed by atoms with Gasteiger partial charge in [-0.25, -0.2) is 4.39 Å². The van der Waals surface area contributed by atoms with Crippen molar-refractivity contribution in [2.75, 3.05) is 20.3 Å². The summed E-state index contributed by atoms with van der Waals surface area (Å²) in [5, 5.41) is 3.54. The van der Waals surface area contributed by atoms with Crippen molar-refractivity contribution in [1.29, 1.82) is 0 Å². The molecule has 0 radical (unpaired) electrons. The van der Waals surface area contributed by atoms with Crippen LogP contribution in [0.1, 0.15) is 37.2 Å². The number of rotatable bonds is 8. The summed E-state index contributed by atoms with van der Waals surface area (Å²) in [6, 6.07) is 7.68. The largest absolute Gasteiger partial charge is 0.385 e. The molecule has 1 unspecified atom stereocenters. The van der Waals surface area contributed by atoms with Crippen LogP contribution in [0.3, 0.4) is 0 Å². The molecular weight excluding hydrogens is 229 g/mol. The lowest BCUT2D eigenvalue weighted by molar-refractivity contribution is 0.190. The molecule has 18 heavy (non-hydrogen) atoms. The molecule has 1 aliphatic rings. The Labute approximate surface area is 109 Å². The molecule has 0 spiro atoms. The van der Waals surface area contributed by atoms with Gasteiger partial charge in [0, 0.05) is 26.3 Å². The van der Waals surface area contributed by atoms with E-state index < -0.39 is 0 Å². The molecular formula is C15H22FNO. The summed E-state index contributed by atoms with van der Waals surface area (Å²) in [6.45, 7) is 1.72. The van der Waals surface area contributed by atoms with Crippen LogP contribution in [-0.4, -0.2) is 26.3 Å². The van der Waals surface area contributed by atoms with Crippen LogP contribution in [0.25, 0.3) is 0 Å². The second-order valence-electron chi connectivity index (χ2n) is 5.07. The quantitative estimate of drug-likeness (QED) is 0.717. The van der Waals surface area contributed by atoms with E-state index in [0.717, 1.165) is 31.6 Å². The van der Waals surface area contributed by atoms with E-state index in [1.165, 1.54) is 18.9 Å². The Bertz CT molecular complexity index is 365. The molecule has 0 heterocycles. The van der Waals surface area contributed by atoms with E-state index >= 15 is 0 Å². The van der Waals surface area contributed by atoms with Crippen LogP contribution in [0.5, 0.6) is 0 Å². The van der Waals surface area contributed by atoms with Crippen LogP contribution < -0.4 is 5.32 Å². The van der Waals surface area contributed by atoms with E-state index in [1.807, 2.05) is 6.07 Å². The number of ether oxygens (including phenoxy) is 1. The first-order chi connectivity index (χ1) is 8.79. The fraction of sp³-hybridized carbons (Fsp3) is 0.600. The highest BCUT2D eigenvalue weighted by atomic mass is 19.1. The minimum Gasteiger partial charge on any atom is -0.385 e. The lowest BCUT2D eigenvalue weighted by atomic mass is 9.94. The zero-order valence-corrected chi connectivity index (χ0v) is 11.0. The summed E-state index contributed by atoms with van der Waals surface area (Å²) < 4.78 is 18.4. The molecule has 0 aromatic heterocycles. The Kier molecular flexibility index (Phi) is 5.14. The zero-order chi connectivity index (χ0) is 12.8. The molecule has 2 nitrogen and oxygen atoms in total. The van der Waals surface area contributed by atoms with E-state index in [9.17, 15) is 4.39 Å². The van der Waals surface area contributed by atoms with Crippen molar-refractivity contribution in [3.05, 3.63) is 35.6 Å². The standard InChI is InChI=1S/C15H22FNO/c1-18-9-3-5-13(11-17-15-7-8-15)12-4-2-6-14(16)10-12/h2,4,6,10,13,15,17H,3,5,7-9,11H2,1H3.